The SMILES string of the molecule is COCCNCCc1nnc(-c2cccc([N+](=O)[O-])c2)s1. The first-order chi connectivity index (χ1) is 10.2. The van der Waals surface area contributed by atoms with Gasteiger partial charge in [0.05, 0.1) is 11.5 Å². The maximum atomic E-state index is 10.8. The van der Waals surface area contributed by atoms with E-state index in [2.05, 4.69) is 15.5 Å². The van der Waals surface area contributed by atoms with Crippen molar-refractivity contribution in [1.29, 1.82) is 0 Å². The predicted molar refractivity (Wildman–Crippen MR) is 80.4 cm³/mol. The number of non-ortho nitro benzene ring substituents is 1. The Labute approximate surface area is 126 Å². The predicted octanol–water partition coefficient (Wildman–Crippen LogP) is 1.89. The van der Waals surface area contributed by atoms with Gasteiger partial charge in [-0.1, -0.05) is 23.5 Å². The van der Waals surface area contributed by atoms with E-state index < -0.39 is 4.92 Å². The third-order valence-corrected chi connectivity index (χ3v) is 3.80. The Bertz CT molecular complexity index is 603. The molecular weight excluding hydrogens is 292 g/mol. The number of rotatable bonds is 8. The number of nitro benzene ring substituents is 1. The van der Waals surface area contributed by atoms with Crippen LogP contribution in [0, 0.1) is 10.1 Å². The highest BCUT2D eigenvalue weighted by atomic mass is 32.1. The molecule has 0 radical (unpaired) electrons. The van der Waals surface area contributed by atoms with Gasteiger partial charge in [-0.05, 0) is 0 Å². The van der Waals surface area contributed by atoms with Crippen molar-refractivity contribution >= 4 is 17.0 Å². The van der Waals surface area contributed by atoms with Crippen molar-refractivity contribution in [3.8, 4) is 10.6 Å². The lowest BCUT2D eigenvalue weighted by molar-refractivity contribution is -0.384. The van der Waals surface area contributed by atoms with Crippen molar-refractivity contribution in [3.05, 3.63) is 39.4 Å². The molecule has 0 aliphatic carbocycles. The van der Waals surface area contributed by atoms with Crippen molar-refractivity contribution in [3.63, 3.8) is 0 Å². The molecule has 1 aromatic heterocycles. The van der Waals surface area contributed by atoms with Crippen LogP contribution in [0.4, 0.5) is 5.69 Å². The van der Waals surface area contributed by atoms with Gasteiger partial charge in [0.2, 0.25) is 0 Å². The summed E-state index contributed by atoms with van der Waals surface area (Å²) < 4.78 is 4.94. The second kappa shape index (κ2) is 7.77. The number of ether oxygens (including phenoxy) is 1. The molecular formula is C13H16N4O3S. The Balaban J connectivity index is 1.96. The Hall–Kier alpha value is -1.90. The van der Waals surface area contributed by atoms with Crippen LogP contribution in [0.25, 0.3) is 10.6 Å². The van der Waals surface area contributed by atoms with Gasteiger partial charge in [-0.25, -0.2) is 0 Å². The molecule has 0 bridgehead atoms. The van der Waals surface area contributed by atoms with E-state index in [-0.39, 0.29) is 5.69 Å². The minimum atomic E-state index is -0.412. The molecule has 1 heterocycles. The van der Waals surface area contributed by atoms with Crippen LogP contribution in [-0.4, -0.2) is 41.9 Å². The summed E-state index contributed by atoms with van der Waals surface area (Å²) in [6.45, 7) is 2.27. The number of benzene rings is 1. The maximum absolute atomic E-state index is 10.8. The standard InChI is InChI=1S/C13H16N4O3S/c1-20-8-7-14-6-5-12-15-16-13(21-12)10-3-2-4-11(9-10)17(18)19/h2-4,9,14H,5-8H2,1H3. The fraction of sp³-hybridized carbons (Fsp3) is 0.385. The lowest BCUT2D eigenvalue weighted by atomic mass is 10.2. The Morgan fingerprint density at radius 1 is 1.38 bits per heavy atom. The summed E-state index contributed by atoms with van der Waals surface area (Å²) in [4.78, 5) is 10.4. The van der Waals surface area contributed by atoms with E-state index in [9.17, 15) is 10.1 Å². The number of nitrogens with one attached hydrogen (secondary N) is 1. The van der Waals surface area contributed by atoms with Crippen LogP contribution in [0.5, 0.6) is 0 Å². The Morgan fingerprint density at radius 3 is 3.00 bits per heavy atom. The first-order valence-corrected chi connectivity index (χ1v) is 7.29. The summed E-state index contributed by atoms with van der Waals surface area (Å²) >= 11 is 1.45. The van der Waals surface area contributed by atoms with Gasteiger partial charge in [-0.2, -0.15) is 0 Å². The van der Waals surface area contributed by atoms with Gasteiger partial charge in [0.15, 0.2) is 0 Å². The lowest BCUT2D eigenvalue weighted by Crippen LogP contribution is -2.21. The number of aromatic nitrogens is 2. The number of nitro groups is 1. The van der Waals surface area contributed by atoms with Crippen LogP contribution in [0.3, 0.4) is 0 Å². The van der Waals surface area contributed by atoms with Crippen molar-refractivity contribution < 1.29 is 9.66 Å². The average Bonchev–Trinajstić information content (AvgIpc) is 2.96. The Kier molecular flexibility index (Phi) is 5.73. The first-order valence-electron chi connectivity index (χ1n) is 6.47. The van der Waals surface area contributed by atoms with E-state index in [1.165, 1.54) is 23.5 Å². The third kappa shape index (κ3) is 4.55. The zero-order valence-electron chi connectivity index (χ0n) is 11.6. The molecule has 0 aliphatic heterocycles. The lowest BCUT2D eigenvalue weighted by Gasteiger charge is -2.00. The smallest absolute Gasteiger partial charge is 0.270 e. The van der Waals surface area contributed by atoms with Crippen molar-refractivity contribution in [2.45, 2.75) is 6.42 Å². The second-order valence-corrected chi connectivity index (χ2v) is 5.36. The van der Waals surface area contributed by atoms with Gasteiger partial charge in [-0.3, -0.25) is 10.1 Å². The minimum Gasteiger partial charge on any atom is -0.383 e. The van der Waals surface area contributed by atoms with E-state index in [1.54, 1.807) is 19.2 Å². The van der Waals surface area contributed by atoms with Gasteiger partial charge < -0.3 is 10.1 Å². The molecule has 7 nitrogen and oxygen atoms in total. The number of nitrogens with zero attached hydrogens (tertiary/aromatic N) is 3. The zero-order valence-corrected chi connectivity index (χ0v) is 12.4. The van der Waals surface area contributed by atoms with Gasteiger partial charge >= 0.3 is 0 Å². The summed E-state index contributed by atoms with van der Waals surface area (Å²) in [6.07, 6.45) is 0.774. The first kappa shape index (κ1) is 15.5. The topological polar surface area (TPSA) is 90.2 Å². The zero-order chi connectivity index (χ0) is 15.1. The minimum absolute atomic E-state index is 0.0606. The quantitative estimate of drug-likeness (QED) is 0.455. The molecule has 0 atom stereocenters. The highest BCUT2D eigenvalue weighted by Crippen LogP contribution is 2.26. The molecule has 1 aromatic carbocycles. The fourth-order valence-corrected chi connectivity index (χ4v) is 2.55. The van der Waals surface area contributed by atoms with E-state index in [4.69, 9.17) is 4.74 Å². The molecule has 0 spiro atoms. The van der Waals surface area contributed by atoms with Gasteiger partial charge in [0, 0.05) is 44.3 Å². The molecule has 112 valence electrons. The summed E-state index contributed by atoms with van der Waals surface area (Å²) in [5, 5.41) is 23.8. The molecule has 0 saturated heterocycles. The summed E-state index contributed by atoms with van der Waals surface area (Å²) in [6, 6.07) is 6.43. The molecule has 0 aliphatic rings. The van der Waals surface area contributed by atoms with E-state index in [0.717, 1.165) is 30.1 Å². The van der Waals surface area contributed by atoms with E-state index >= 15 is 0 Å². The number of methoxy groups -OCH3 is 1. The van der Waals surface area contributed by atoms with Gasteiger partial charge in [-0.15, -0.1) is 10.2 Å². The molecule has 0 saturated carbocycles. The van der Waals surface area contributed by atoms with Crippen LogP contribution in [0.2, 0.25) is 0 Å². The Morgan fingerprint density at radius 2 is 2.24 bits per heavy atom. The van der Waals surface area contributed by atoms with Crippen LogP contribution in [0.1, 0.15) is 5.01 Å². The summed E-state index contributed by atoms with van der Waals surface area (Å²) in [5.74, 6) is 0. The molecule has 0 unspecified atom stereocenters. The van der Waals surface area contributed by atoms with Crippen LogP contribution in [-0.2, 0) is 11.2 Å². The monoisotopic (exact) mass is 308 g/mol. The van der Waals surface area contributed by atoms with Crippen molar-refractivity contribution in [2.24, 2.45) is 0 Å². The second-order valence-electron chi connectivity index (χ2n) is 4.30. The average molecular weight is 308 g/mol. The van der Waals surface area contributed by atoms with Crippen LogP contribution < -0.4 is 5.32 Å². The molecule has 0 fully saturated rings. The highest BCUT2D eigenvalue weighted by Gasteiger charge is 2.11. The van der Waals surface area contributed by atoms with E-state index in [1.807, 2.05) is 0 Å². The molecule has 21 heavy (non-hydrogen) atoms. The molecule has 8 heteroatoms. The number of hydrogen-bond donors (Lipinski definition) is 1. The summed E-state index contributed by atoms with van der Waals surface area (Å²) in [7, 11) is 1.66. The molecule has 2 rings (SSSR count). The van der Waals surface area contributed by atoms with Crippen molar-refractivity contribution in [2.75, 3.05) is 26.8 Å². The maximum Gasteiger partial charge on any atom is 0.270 e. The van der Waals surface area contributed by atoms with E-state index in [0.29, 0.717) is 11.6 Å². The normalized spacial score (nSPS) is 10.7. The molecule has 1 N–H and O–H groups in total. The van der Waals surface area contributed by atoms with Crippen LogP contribution >= 0.6 is 11.3 Å². The molecule has 2 aromatic rings. The third-order valence-electron chi connectivity index (χ3n) is 2.77. The van der Waals surface area contributed by atoms with Crippen molar-refractivity contribution in [1.82, 2.24) is 15.5 Å². The van der Waals surface area contributed by atoms with Gasteiger partial charge in [0.1, 0.15) is 10.0 Å². The number of hydrogen-bond acceptors (Lipinski definition) is 7. The largest absolute Gasteiger partial charge is 0.383 e. The van der Waals surface area contributed by atoms with Crippen LogP contribution in [0.15, 0.2) is 24.3 Å². The fourth-order valence-electron chi connectivity index (χ4n) is 1.72. The molecule has 0 amide bonds. The van der Waals surface area contributed by atoms with Gasteiger partial charge in [0.25, 0.3) is 5.69 Å². The summed E-state index contributed by atoms with van der Waals surface area (Å²) in [5.41, 5.74) is 0.783. The highest BCUT2D eigenvalue weighted by molar-refractivity contribution is 7.14.